The molecule has 29 heavy (non-hydrogen) atoms. The van der Waals surface area contributed by atoms with Crippen LogP contribution in [0.5, 0.6) is 11.5 Å². The molecule has 0 bridgehead atoms. The summed E-state index contributed by atoms with van der Waals surface area (Å²) in [7, 11) is 3.25. The van der Waals surface area contributed by atoms with Gasteiger partial charge in [0.15, 0.2) is 11.5 Å². The molecule has 1 aromatic heterocycles. The predicted molar refractivity (Wildman–Crippen MR) is 115 cm³/mol. The number of nitrogens with zero attached hydrogens (tertiary/aromatic N) is 1. The zero-order chi connectivity index (χ0) is 21.0. The summed E-state index contributed by atoms with van der Waals surface area (Å²) in [4.78, 5) is 16.7. The molecule has 0 saturated carbocycles. The summed E-state index contributed by atoms with van der Waals surface area (Å²) in [5.41, 5.74) is 11.9. The number of carbonyl (C=O) groups excluding carboxylic acids is 1. The lowest BCUT2D eigenvalue weighted by Gasteiger charge is -2.12. The number of rotatable bonds is 7. The Bertz CT molecular complexity index is 1040. The Hall–Kier alpha value is -3.34. The molecule has 0 saturated heterocycles. The van der Waals surface area contributed by atoms with Crippen molar-refractivity contribution in [1.29, 1.82) is 0 Å². The third-order valence-electron chi connectivity index (χ3n) is 5.12. The van der Waals surface area contributed by atoms with E-state index in [1.54, 1.807) is 20.3 Å². The third kappa shape index (κ3) is 4.57. The van der Waals surface area contributed by atoms with Crippen LogP contribution in [-0.2, 0) is 12.8 Å². The fourth-order valence-corrected chi connectivity index (χ4v) is 3.25. The second-order valence-corrected chi connectivity index (χ2v) is 7.05. The van der Waals surface area contributed by atoms with Crippen LogP contribution in [0.25, 0.3) is 11.3 Å². The molecule has 0 radical (unpaired) electrons. The number of primary amides is 1. The lowest BCUT2D eigenvalue weighted by Crippen LogP contribution is -2.14. The van der Waals surface area contributed by atoms with Gasteiger partial charge in [-0.25, -0.2) is 0 Å². The monoisotopic (exact) mass is 390 g/mol. The maximum atomic E-state index is 11.9. The van der Waals surface area contributed by atoms with Gasteiger partial charge in [-0.05, 0) is 73.7 Å². The van der Waals surface area contributed by atoms with Gasteiger partial charge in [-0.1, -0.05) is 18.2 Å². The first kappa shape index (κ1) is 20.4. The van der Waals surface area contributed by atoms with Crippen molar-refractivity contribution in [2.24, 2.45) is 5.73 Å². The molecule has 0 atom stereocenters. The second kappa shape index (κ2) is 8.78. The van der Waals surface area contributed by atoms with Crippen LogP contribution in [0, 0.1) is 13.8 Å². The summed E-state index contributed by atoms with van der Waals surface area (Å²) in [5.74, 6) is 0.937. The van der Waals surface area contributed by atoms with E-state index in [4.69, 9.17) is 20.2 Å². The van der Waals surface area contributed by atoms with Crippen LogP contribution in [0.1, 0.15) is 32.7 Å². The van der Waals surface area contributed by atoms with Gasteiger partial charge in [-0.3, -0.25) is 9.78 Å². The summed E-state index contributed by atoms with van der Waals surface area (Å²) in [5, 5.41) is 0. The summed E-state index contributed by atoms with van der Waals surface area (Å²) < 4.78 is 10.7. The Kier molecular flexibility index (Phi) is 6.17. The molecular weight excluding hydrogens is 364 g/mol. The predicted octanol–water partition coefficient (Wildman–Crippen LogP) is 4.27. The van der Waals surface area contributed by atoms with E-state index in [0.717, 1.165) is 35.2 Å². The van der Waals surface area contributed by atoms with Gasteiger partial charge >= 0.3 is 0 Å². The summed E-state index contributed by atoms with van der Waals surface area (Å²) in [6.45, 7) is 4.10. The number of nitrogens with two attached hydrogens (primary N) is 1. The molecule has 0 aliphatic carbocycles. The van der Waals surface area contributed by atoms with Gasteiger partial charge in [0, 0.05) is 11.3 Å². The van der Waals surface area contributed by atoms with Crippen molar-refractivity contribution in [1.82, 2.24) is 4.98 Å². The van der Waals surface area contributed by atoms with Crippen LogP contribution >= 0.6 is 0 Å². The van der Waals surface area contributed by atoms with Crippen molar-refractivity contribution in [3.63, 3.8) is 0 Å². The topological polar surface area (TPSA) is 74.4 Å². The lowest BCUT2D eigenvalue weighted by atomic mass is 9.99. The summed E-state index contributed by atoms with van der Waals surface area (Å²) in [6.07, 6.45) is 1.52. The second-order valence-electron chi connectivity index (χ2n) is 7.05. The van der Waals surface area contributed by atoms with Gasteiger partial charge in [0.05, 0.1) is 25.5 Å². The van der Waals surface area contributed by atoms with E-state index in [9.17, 15) is 4.79 Å². The van der Waals surface area contributed by atoms with Gasteiger partial charge in [0.2, 0.25) is 0 Å². The molecule has 1 amide bonds. The fourth-order valence-electron chi connectivity index (χ4n) is 3.25. The Balaban J connectivity index is 1.89. The van der Waals surface area contributed by atoms with E-state index in [-0.39, 0.29) is 0 Å². The zero-order valence-electron chi connectivity index (χ0n) is 17.3. The minimum Gasteiger partial charge on any atom is -0.493 e. The minimum absolute atomic E-state index is 0.433. The van der Waals surface area contributed by atoms with Gasteiger partial charge in [0.1, 0.15) is 0 Å². The van der Waals surface area contributed by atoms with Crippen LogP contribution in [0.15, 0.2) is 48.5 Å². The average Bonchev–Trinajstić information content (AvgIpc) is 2.73. The van der Waals surface area contributed by atoms with E-state index < -0.39 is 5.91 Å². The minimum atomic E-state index is -0.475. The number of aryl methyl sites for hydroxylation is 4. The van der Waals surface area contributed by atoms with E-state index >= 15 is 0 Å². The first-order valence-electron chi connectivity index (χ1n) is 9.51. The number of aromatic nitrogens is 1. The molecule has 150 valence electrons. The number of carbonyl (C=O) groups is 1. The Labute approximate surface area is 171 Å². The SMILES string of the molecule is COc1ccc(CCc2ccc(C(N)=O)c(-c3ccc(C)c(C)c3)n2)cc1OC. The highest BCUT2D eigenvalue weighted by molar-refractivity contribution is 5.98. The van der Waals surface area contributed by atoms with Gasteiger partial charge < -0.3 is 15.2 Å². The smallest absolute Gasteiger partial charge is 0.250 e. The number of hydrogen-bond acceptors (Lipinski definition) is 4. The molecule has 5 nitrogen and oxygen atoms in total. The molecule has 3 rings (SSSR count). The molecule has 3 aromatic rings. The third-order valence-corrected chi connectivity index (χ3v) is 5.12. The van der Waals surface area contributed by atoms with Crippen molar-refractivity contribution in [2.45, 2.75) is 26.7 Å². The van der Waals surface area contributed by atoms with Crippen LogP contribution < -0.4 is 15.2 Å². The Morgan fingerprint density at radius 3 is 2.31 bits per heavy atom. The van der Waals surface area contributed by atoms with Crippen LogP contribution in [0.2, 0.25) is 0 Å². The summed E-state index contributed by atoms with van der Waals surface area (Å²) >= 11 is 0. The maximum absolute atomic E-state index is 11.9. The largest absolute Gasteiger partial charge is 0.493 e. The van der Waals surface area contributed by atoms with Crippen molar-refractivity contribution in [3.05, 3.63) is 76.5 Å². The zero-order valence-corrected chi connectivity index (χ0v) is 17.3. The quantitative estimate of drug-likeness (QED) is 0.654. The molecule has 0 fully saturated rings. The molecule has 0 aliphatic heterocycles. The highest BCUT2D eigenvalue weighted by Crippen LogP contribution is 2.28. The Morgan fingerprint density at radius 1 is 0.897 bits per heavy atom. The van der Waals surface area contributed by atoms with Crippen molar-refractivity contribution in [3.8, 4) is 22.8 Å². The lowest BCUT2D eigenvalue weighted by molar-refractivity contribution is 0.100. The van der Waals surface area contributed by atoms with Crippen LogP contribution in [-0.4, -0.2) is 25.1 Å². The standard InChI is InChI=1S/C24H26N2O3/c1-15-5-8-18(13-16(15)2)23-20(24(25)27)11-10-19(26-23)9-6-17-7-12-21(28-3)22(14-17)29-4/h5,7-8,10-14H,6,9H2,1-4H3,(H2,25,27). The van der Waals surface area contributed by atoms with E-state index in [2.05, 4.69) is 6.92 Å². The number of benzene rings is 2. The molecule has 0 unspecified atom stereocenters. The first-order chi connectivity index (χ1) is 13.9. The number of methoxy groups -OCH3 is 2. The van der Waals surface area contributed by atoms with Crippen molar-refractivity contribution < 1.29 is 14.3 Å². The molecule has 0 spiro atoms. The van der Waals surface area contributed by atoms with E-state index in [1.807, 2.05) is 49.4 Å². The summed E-state index contributed by atoms with van der Waals surface area (Å²) in [6, 6.07) is 15.6. The van der Waals surface area contributed by atoms with Crippen molar-refractivity contribution in [2.75, 3.05) is 14.2 Å². The normalized spacial score (nSPS) is 10.6. The molecule has 5 heteroatoms. The van der Waals surface area contributed by atoms with Gasteiger partial charge in [-0.2, -0.15) is 0 Å². The molecule has 1 heterocycles. The van der Waals surface area contributed by atoms with Crippen LogP contribution in [0.4, 0.5) is 0 Å². The first-order valence-corrected chi connectivity index (χ1v) is 9.51. The fraction of sp³-hybridized carbons (Fsp3) is 0.250. The number of amides is 1. The molecule has 0 aliphatic rings. The average molecular weight is 390 g/mol. The van der Waals surface area contributed by atoms with Crippen molar-refractivity contribution >= 4 is 5.91 Å². The Morgan fingerprint density at radius 2 is 1.66 bits per heavy atom. The maximum Gasteiger partial charge on any atom is 0.250 e. The van der Waals surface area contributed by atoms with Gasteiger partial charge in [0.25, 0.3) is 5.91 Å². The molecule has 2 N–H and O–H groups in total. The van der Waals surface area contributed by atoms with E-state index in [0.29, 0.717) is 22.8 Å². The number of ether oxygens (including phenoxy) is 2. The molecule has 2 aromatic carbocycles. The highest BCUT2D eigenvalue weighted by atomic mass is 16.5. The number of hydrogen-bond donors (Lipinski definition) is 1. The highest BCUT2D eigenvalue weighted by Gasteiger charge is 2.14. The number of pyridine rings is 1. The van der Waals surface area contributed by atoms with Crippen LogP contribution in [0.3, 0.4) is 0 Å². The molecular formula is C24H26N2O3. The van der Waals surface area contributed by atoms with E-state index in [1.165, 1.54) is 5.56 Å². The van der Waals surface area contributed by atoms with Gasteiger partial charge in [-0.15, -0.1) is 0 Å².